The van der Waals surface area contributed by atoms with Crippen molar-refractivity contribution in [2.24, 2.45) is 0 Å². The van der Waals surface area contributed by atoms with Crippen molar-refractivity contribution >= 4 is 15.7 Å². The van der Waals surface area contributed by atoms with Crippen LogP contribution >= 0.6 is 0 Å². The monoisotopic (exact) mass is 438 g/mol. The maximum Gasteiger partial charge on any atom is 0.276 e. The normalized spacial score (nSPS) is 27.9. The molecule has 0 unspecified atom stereocenters. The lowest BCUT2D eigenvalue weighted by Gasteiger charge is -2.35. The summed E-state index contributed by atoms with van der Waals surface area (Å²) in [5.41, 5.74) is 1.57. The van der Waals surface area contributed by atoms with Gasteiger partial charge in [0, 0.05) is 56.4 Å². The molecule has 0 aromatic carbocycles. The van der Waals surface area contributed by atoms with Crippen LogP contribution in [0, 0.1) is 6.92 Å². The predicted molar refractivity (Wildman–Crippen MR) is 111 cm³/mol. The molecule has 0 aliphatic carbocycles. The summed E-state index contributed by atoms with van der Waals surface area (Å²) in [6.45, 7) is 4.04. The molecule has 4 rings (SSSR count). The Hall–Kier alpha value is -1.78. The van der Waals surface area contributed by atoms with Gasteiger partial charge in [-0.15, -0.1) is 0 Å². The lowest BCUT2D eigenvalue weighted by Crippen LogP contribution is -2.48. The van der Waals surface area contributed by atoms with Crippen LogP contribution in [0.4, 0.5) is 0 Å². The number of likely N-dealkylation sites (tertiary alicyclic amines) is 1. The number of fused-ring (bicyclic) bond motifs is 1. The summed E-state index contributed by atoms with van der Waals surface area (Å²) in [6.07, 6.45) is 3.21. The van der Waals surface area contributed by atoms with Crippen molar-refractivity contribution in [3.05, 3.63) is 27.4 Å². The Morgan fingerprint density at radius 2 is 2.07 bits per heavy atom. The Labute approximate surface area is 176 Å². The van der Waals surface area contributed by atoms with E-state index in [1.807, 2.05) is 11.8 Å². The average Bonchev–Trinajstić information content (AvgIpc) is 3.29. The number of carbonyl (C=O) groups excluding carboxylic acids is 1. The highest BCUT2D eigenvalue weighted by Gasteiger charge is 2.38. The maximum atomic E-state index is 12.9. The number of nitrogens with one attached hydrogen (secondary N) is 1. The summed E-state index contributed by atoms with van der Waals surface area (Å²) >= 11 is 0. The van der Waals surface area contributed by atoms with E-state index in [1.54, 1.807) is 0 Å². The zero-order valence-electron chi connectivity index (χ0n) is 17.6. The lowest BCUT2D eigenvalue weighted by molar-refractivity contribution is -0.131. The third kappa shape index (κ3) is 4.17. The molecule has 166 valence electrons. The topological polar surface area (TPSA) is 111 Å². The van der Waals surface area contributed by atoms with Gasteiger partial charge in [-0.25, -0.2) is 8.42 Å². The van der Waals surface area contributed by atoms with Gasteiger partial charge >= 0.3 is 0 Å². The van der Waals surface area contributed by atoms with Gasteiger partial charge in [0.25, 0.3) is 5.56 Å². The second-order valence-electron chi connectivity index (χ2n) is 8.62. The Morgan fingerprint density at radius 1 is 1.27 bits per heavy atom. The summed E-state index contributed by atoms with van der Waals surface area (Å²) in [7, 11) is -1.64. The fourth-order valence-electron chi connectivity index (χ4n) is 5.07. The number of piperidine rings is 1. The summed E-state index contributed by atoms with van der Waals surface area (Å²) in [6, 6.07) is -0.367. The van der Waals surface area contributed by atoms with E-state index in [0.29, 0.717) is 18.7 Å². The smallest absolute Gasteiger partial charge is 0.276 e. The average molecular weight is 439 g/mol. The molecule has 1 aromatic rings. The van der Waals surface area contributed by atoms with E-state index in [4.69, 9.17) is 4.74 Å². The number of aryl methyl sites for hydroxylation is 1. The highest BCUT2D eigenvalue weighted by Crippen LogP contribution is 2.30. The molecule has 4 heterocycles. The second kappa shape index (κ2) is 8.39. The number of hydrogen-bond donors (Lipinski definition) is 1. The van der Waals surface area contributed by atoms with Crippen LogP contribution in [-0.4, -0.2) is 79.2 Å². The number of sulfone groups is 1. The van der Waals surface area contributed by atoms with E-state index < -0.39 is 15.9 Å². The number of rotatable bonds is 5. The van der Waals surface area contributed by atoms with Crippen molar-refractivity contribution in [3.8, 4) is 0 Å². The van der Waals surface area contributed by atoms with Gasteiger partial charge < -0.3 is 19.5 Å². The molecule has 30 heavy (non-hydrogen) atoms. The van der Waals surface area contributed by atoms with E-state index in [-0.39, 0.29) is 41.5 Å². The third-order valence-corrected chi connectivity index (χ3v) is 8.30. The summed E-state index contributed by atoms with van der Waals surface area (Å²) in [5, 5.41) is 3.09. The van der Waals surface area contributed by atoms with Gasteiger partial charge in [-0.2, -0.15) is 4.98 Å². The van der Waals surface area contributed by atoms with Crippen LogP contribution in [0.15, 0.2) is 4.79 Å². The van der Waals surface area contributed by atoms with Crippen LogP contribution in [0.5, 0.6) is 0 Å². The van der Waals surface area contributed by atoms with Crippen molar-refractivity contribution < 1.29 is 17.9 Å². The first-order valence-corrected chi connectivity index (χ1v) is 12.5. The summed E-state index contributed by atoms with van der Waals surface area (Å²) in [5.74, 6) is 0.914. The Balaban J connectivity index is 1.44. The van der Waals surface area contributed by atoms with E-state index in [9.17, 15) is 18.0 Å². The van der Waals surface area contributed by atoms with E-state index in [0.717, 1.165) is 43.7 Å². The Bertz CT molecular complexity index is 990. The summed E-state index contributed by atoms with van der Waals surface area (Å²) < 4.78 is 31.2. The van der Waals surface area contributed by atoms with Gasteiger partial charge in [-0.3, -0.25) is 9.59 Å². The number of ether oxygens (including phenoxy) is 1. The van der Waals surface area contributed by atoms with E-state index >= 15 is 0 Å². The van der Waals surface area contributed by atoms with Crippen molar-refractivity contribution in [1.29, 1.82) is 0 Å². The van der Waals surface area contributed by atoms with Crippen LogP contribution in [0.25, 0.3) is 0 Å². The molecule has 1 N–H and O–H groups in total. The van der Waals surface area contributed by atoms with Crippen LogP contribution < -0.4 is 10.9 Å². The van der Waals surface area contributed by atoms with Crippen LogP contribution in [0.3, 0.4) is 0 Å². The summed E-state index contributed by atoms with van der Waals surface area (Å²) in [4.78, 5) is 31.3. The van der Waals surface area contributed by atoms with Crippen LogP contribution in [-0.2, 0) is 32.3 Å². The minimum atomic E-state index is -3.14. The fourth-order valence-corrected chi connectivity index (χ4v) is 6.95. The SMILES string of the molecule is CO[C@H]1CS(=O)(=O)C[C@@H]1NCC(=O)N1CCC[C@@H](c2c(C)c(=O)nc3n2CCC3)C1. The molecule has 0 saturated carbocycles. The molecule has 1 amide bonds. The Kier molecular flexibility index (Phi) is 6.00. The molecule has 3 aliphatic heterocycles. The standard InChI is InChI=1S/C20H30N4O5S/c1-13-19(24-8-4-6-17(24)22-20(13)26)14-5-3-7-23(10-14)18(25)9-21-15-11-30(27,28)12-16(15)29-2/h14-16,21H,3-12H2,1-2H3/t14-,15+,16+/m1/s1. The number of nitrogens with zero attached hydrogens (tertiary/aromatic N) is 3. The van der Waals surface area contributed by atoms with Gasteiger partial charge in [0.15, 0.2) is 9.84 Å². The molecule has 0 bridgehead atoms. The zero-order valence-corrected chi connectivity index (χ0v) is 18.4. The first kappa shape index (κ1) is 21.5. The van der Waals surface area contributed by atoms with E-state index in [1.165, 1.54) is 7.11 Å². The highest BCUT2D eigenvalue weighted by atomic mass is 32.2. The van der Waals surface area contributed by atoms with Gasteiger partial charge in [-0.05, 0) is 26.2 Å². The minimum Gasteiger partial charge on any atom is -0.379 e. The van der Waals surface area contributed by atoms with Crippen molar-refractivity contribution in [3.63, 3.8) is 0 Å². The number of aromatic nitrogens is 2. The van der Waals surface area contributed by atoms with Gasteiger partial charge in [0.05, 0.1) is 24.2 Å². The molecule has 3 aliphatic rings. The highest BCUT2D eigenvalue weighted by molar-refractivity contribution is 7.91. The largest absolute Gasteiger partial charge is 0.379 e. The van der Waals surface area contributed by atoms with Gasteiger partial charge in [-0.1, -0.05) is 0 Å². The van der Waals surface area contributed by atoms with Crippen molar-refractivity contribution in [2.45, 2.75) is 57.2 Å². The van der Waals surface area contributed by atoms with Crippen LogP contribution in [0.1, 0.15) is 42.3 Å². The lowest BCUT2D eigenvalue weighted by atomic mass is 9.91. The van der Waals surface area contributed by atoms with Crippen molar-refractivity contribution in [1.82, 2.24) is 19.8 Å². The molecule has 3 atom stereocenters. The molecule has 2 saturated heterocycles. The number of hydrogen-bond acceptors (Lipinski definition) is 7. The number of amides is 1. The molecular formula is C20H30N4O5S. The maximum absolute atomic E-state index is 12.9. The zero-order chi connectivity index (χ0) is 21.5. The molecule has 10 heteroatoms. The Morgan fingerprint density at radius 3 is 2.83 bits per heavy atom. The first-order chi connectivity index (χ1) is 14.3. The molecule has 1 aromatic heterocycles. The fraction of sp³-hybridized carbons (Fsp3) is 0.750. The van der Waals surface area contributed by atoms with Crippen molar-refractivity contribution in [2.75, 3.05) is 38.2 Å². The second-order valence-corrected chi connectivity index (χ2v) is 10.8. The number of methoxy groups -OCH3 is 1. The molecule has 0 radical (unpaired) electrons. The minimum absolute atomic E-state index is 0.00727. The van der Waals surface area contributed by atoms with Crippen LogP contribution in [0.2, 0.25) is 0 Å². The number of carbonyl (C=O) groups is 1. The first-order valence-electron chi connectivity index (χ1n) is 10.6. The molecule has 9 nitrogen and oxygen atoms in total. The third-order valence-electron chi connectivity index (χ3n) is 6.60. The van der Waals surface area contributed by atoms with Gasteiger partial charge in [0.1, 0.15) is 5.82 Å². The quantitative estimate of drug-likeness (QED) is 0.666. The van der Waals surface area contributed by atoms with E-state index in [2.05, 4.69) is 14.9 Å². The molecular weight excluding hydrogens is 408 g/mol. The molecule has 0 spiro atoms. The predicted octanol–water partition coefficient (Wildman–Crippen LogP) is -0.394. The van der Waals surface area contributed by atoms with Gasteiger partial charge in [0.2, 0.25) is 5.91 Å². The molecule has 2 fully saturated rings.